The molecule has 1 amide bonds. The summed E-state index contributed by atoms with van der Waals surface area (Å²) in [6, 6.07) is 10.9. The fourth-order valence-electron chi connectivity index (χ4n) is 1.62. The van der Waals surface area contributed by atoms with Crippen molar-refractivity contribution in [3.05, 3.63) is 42.1 Å². The van der Waals surface area contributed by atoms with Gasteiger partial charge in [0.05, 0.1) is 11.4 Å². The highest BCUT2D eigenvalue weighted by atomic mass is 16.4. The van der Waals surface area contributed by atoms with Gasteiger partial charge in [-0.25, -0.2) is 4.98 Å². The lowest BCUT2D eigenvalue weighted by Gasteiger charge is -2.08. The van der Waals surface area contributed by atoms with E-state index in [1.807, 2.05) is 30.3 Å². The predicted octanol–water partition coefficient (Wildman–Crippen LogP) is 1.69. The van der Waals surface area contributed by atoms with Gasteiger partial charge in [-0.1, -0.05) is 31.2 Å². The Kier molecular flexibility index (Phi) is 3.75. The minimum Gasteiger partial charge on any atom is -0.481 e. The summed E-state index contributed by atoms with van der Waals surface area (Å²) in [5.41, 5.74) is 1.03. The van der Waals surface area contributed by atoms with Crippen molar-refractivity contribution >= 4 is 22.8 Å². The number of benzene rings is 1. The number of amides is 1. The van der Waals surface area contributed by atoms with Gasteiger partial charge in [-0.15, -0.1) is 0 Å². The average Bonchev–Trinajstić information content (AvgIpc) is 2.43. The van der Waals surface area contributed by atoms with Gasteiger partial charge in [0.15, 0.2) is 0 Å². The number of carboxylic acid groups (broad SMARTS) is 1. The maximum Gasteiger partial charge on any atom is 0.308 e. The largest absolute Gasteiger partial charge is 0.481 e. The van der Waals surface area contributed by atoms with Crippen LogP contribution in [0.1, 0.15) is 17.4 Å². The SMILES string of the molecule is CC(CNC(=O)c1ccc2ccccc2n1)C(=O)O. The summed E-state index contributed by atoms with van der Waals surface area (Å²) in [5.74, 6) is -1.92. The van der Waals surface area contributed by atoms with Crippen molar-refractivity contribution in [2.24, 2.45) is 5.92 Å². The number of aliphatic carboxylic acids is 1. The van der Waals surface area contributed by atoms with Gasteiger partial charge in [0, 0.05) is 11.9 Å². The number of hydrogen-bond donors (Lipinski definition) is 2. The molecule has 0 saturated heterocycles. The topological polar surface area (TPSA) is 79.3 Å². The molecule has 5 heteroatoms. The van der Waals surface area contributed by atoms with Crippen molar-refractivity contribution in [1.29, 1.82) is 0 Å². The summed E-state index contributed by atoms with van der Waals surface area (Å²) in [5, 5.41) is 12.3. The first-order valence-electron chi connectivity index (χ1n) is 5.94. The summed E-state index contributed by atoms with van der Waals surface area (Å²) in [6.07, 6.45) is 0. The lowest BCUT2D eigenvalue weighted by Crippen LogP contribution is -2.31. The summed E-state index contributed by atoms with van der Waals surface area (Å²) in [4.78, 5) is 26.7. The van der Waals surface area contributed by atoms with Crippen LogP contribution in [0.25, 0.3) is 10.9 Å². The third kappa shape index (κ3) is 3.07. The standard InChI is InChI=1S/C14H14N2O3/c1-9(14(18)19)8-15-13(17)12-7-6-10-4-2-3-5-11(10)16-12/h2-7,9H,8H2,1H3,(H,15,17)(H,18,19). The molecular formula is C14H14N2O3. The molecule has 1 atom stereocenters. The molecular weight excluding hydrogens is 244 g/mol. The molecule has 0 saturated carbocycles. The van der Waals surface area contributed by atoms with Gasteiger partial charge in [-0.3, -0.25) is 9.59 Å². The molecule has 0 spiro atoms. The summed E-state index contributed by atoms with van der Waals surface area (Å²) in [7, 11) is 0. The maximum atomic E-state index is 11.8. The van der Waals surface area contributed by atoms with Crippen molar-refractivity contribution < 1.29 is 14.7 Å². The number of nitrogens with zero attached hydrogens (tertiary/aromatic N) is 1. The Hall–Kier alpha value is -2.43. The van der Waals surface area contributed by atoms with E-state index in [0.29, 0.717) is 0 Å². The Morgan fingerprint density at radius 1 is 1.26 bits per heavy atom. The van der Waals surface area contributed by atoms with Crippen LogP contribution in [0.4, 0.5) is 0 Å². The highest BCUT2D eigenvalue weighted by Gasteiger charge is 2.13. The van der Waals surface area contributed by atoms with Gasteiger partial charge >= 0.3 is 5.97 Å². The second-order valence-electron chi connectivity index (χ2n) is 4.34. The highest BCUT2D eigenvalue weighted by molar-refractivity contribution is 5.95. The number of carbonyl (C=O) groups is 2. The van der Waals surface area contributed by atoms with Crippen LogP contribution in [0.3, 0.4) is 0 Å². The van der Waals surface area contributed by atoms with Gasteiger partial charge in [-0.05, 0) is 12.1 Å². The number of carbonyl (C=O) groups excluding carboxylic acids is 1. The summed E-state index contributed by atoms with van der Waals surface area (Å²) >= 11 is 0. The van der Waals surface area contributed by atoms with Crippen LogP contribution in [0.2, 0.25) is 0 Å². The molecule has 1 aromatic carbocycles. The van der Waals surface area contributed by atoms with Crippen LogP contribution < -0.4 is 5.32 Å². The quantitative estimate of drug-likeness (QED) is 0.874. The Bertz CT molecular complexity index is 625. The number of rotatable bonds is 4. The number of pyridine rings is 1. The summed E-state index contributed by atoms with van der Waals surface area (Å²) < 4.78 is 0. The van der Waals surface area contributed by atoms with E-state index in [-0.39, 0.29) is 18.1 Å². The van der Waals surface area contributed by atoms with Gasteiger partial charge in [0.1, 0.15) is 5.69 Å². The molecule has 0 fully saturated rings. The average molecular weight is 258 g/mol. The van der Waals surface area contributed by atoms with E-state index in [2.05, 4.69) is 10.3 Å². The molecule has 1 heterocycles. The molecule has 0 radical (unpaired) electrons. The van der Waals surface area contributed by atoms with Crippen LogP contribution >= 0.6 is 0 Å². The molecule has 1 unspecified atom stereocenters. The fourth-order valence-corrected chi connectivity index (χ4v) is 1.62. The third-order valence-electron chi connectivity index (χ3n) is 2.82. The zero-order chi connectivity index (χ0) is 13.8. The molecule has 5 nitrogen and oxygen atoms in total. The maximum absolute atomic E-state index is 11.8. The van der Waals surface area contributed by atoms with Crippen LogP contribution in [-0.2, 0) is 4.79 Å². The van der Waals surface area contributed by atoms with E-state index in [0.717, 1.165) is 10.9 Å². The minimum absolute atomic E-state index is 0.0860. The van der Waals surface area contributed by atoms with E-state index < -0.39 is 11.9 Å². The third-order valence-corrected chi connectivity index (χ3v) is 2.82. The molecule has 0 aliphatic heterocycles. The highest BCUT2D eigenvalue weighted by Crippen LogP contribution is 2.11. The van der Waals surface area contributed by atoms with E-state index in [9.17, 15) is 9.59 Å². The number of fused-ring (bicyclic) bond motifs is 1. The summed E-state index contributed by atoms with van der Waals surface area (Å²) in [6.45, 7) is 1.62. The van der Waals surface area contributed by atoms with E-state index in [4.69, 9.17) is 5.11 Å². The molecule has 98 valence electrons. The first-order chi connectivity index (χ1) is 9.08. The van der Waals surface area contributed by atoms with Crippen molar-refractivity contribution in [2.75, 3.05) is 6.54 Å². The zero-order valence-corrected chi connectivity index (χ0v) is 10.5. The Labute approximate surface area is 110 Å². The lowest BCUT2D eigenvalue weighted by atomic mass is 10.2. The van der Waals surface area contributed by atoms with Gasteiger partial charge in [0.2, 0.25) is 0 Å². The van der Waals surface area contributed by atoms with E-state index in [1.165, 1.54) is 6.92 Å². The second kappa shape index (κ2) is 5.48. The molecule has 2 aromatic rings. The Morgan fingerprint density at radius 3 is 2.74 bits per heavy atom. The Morgan fingerprint density at radius 2 is 2.00 bits per heavy atom. The predicted molar refractivity (Wildman–Crippen MR) is 70.9 cm³/mol. The molecule has 19 heavy (non-hydrogen) atoms. The fraction of sp³-hybridized carbons (Fsp3) is 0.214. The normalized spacial score (nSPS) is 12.1. The van der Waals surface area contributed by atoms with Crippen molar-refractivity contribution in [2.45, 2.75) is 6.92 Å². The Balaban J connectivity index is 2.11. The molecule has 0 aliphatic rings. The van der Waals surface area contributed by atoms with E-state index in [1.54, 1.807) is 6.07 Å². The number of para-hydroxylation sites is 1. The monoisotopic (exact) mass is 258 g/mol. The second-order valence-corrected chi connectivity index (χ2v) is 4.34. The number of nitrogens with one attached hydrogen (secondary N) is 1. The van der Waals surface area contributed by atoms with Gasteiger partial charge < -0.3 is 10.4 Å². The van der Waals surface area contributed by atoms with Crippen LogP contribution in [-0.4, -0.2) is 28.5 Å². The van der Waals surface area contributed by atoms with Crippen molar-refractivity contribution in [3.63, 3.8) is 0 Å². The number of carboxylic acids is 1. The van der Waals surface area contributed by atoms with Crippen LogP contribution in [0.15, 0.2) is 36.4 Å². The zero-order valence-electron chi connectivity index (χ0n) is 10.5. The van der Waals surface area contributed by atoms with Crippen molar-refractivity contribution in [3.8, 4) is 0 Å². The van der Waals surface area contributed by atoms with E-state index >= 15 is 0 Å². The van der Waals surface area contributed by atoms with Crippen LogP contribution in [0.5, 0.6) is 0 Å². The molecule has 0 bridgehead atoms. The first kappa shape index (κ1) is 13.0. The minimum atomic E-state index is -0.938. The number of aromatic nitrogens is 1. The first-order valence-corrected chi connectivity index (χ1v) is 5.94. The van der Waals surface area contributed by atoms with Gasteiger partial charge in [0.25, 0.3) is 5.91 Å². The lowest BCUT2D eigenvalue weighted by molar-refractivity contribution is -0.140. The van der Waals surface area contributed by atoms with Crippen molar-refractivity contribution in [1.82, 2.24) is 10.3 Å². The molecule has 1 aromatic heterocycles. The van der Waals surface area contributed by atoms with Gasteiger partial charge in [-0.2, -0.15) is 0 Å². The molecule has 0 aliphatic carbocycles. The molecule has 2 rings (SSSR count). The molecule has 2 N–H and O–H groups in total. The van der Waals surface area contributed by atoms with Crippen LogP contribution in [0, 0.1) is 5.92 Å². The smallest absolute Gasteiger partial charge is 0.308 e. The number of hydrogen-bond acceptors (Lipinski definition) is 3.